The van der Waals surface area contributed by atoms with Crippen LogP contribution in [0.2, 0.25) is 0 Å². The van der Waals surface area contributed by atoms with Crippen molar-refractivity contribution < 1.29 is 9.84 Å². The Morgan fingerprint density at radius 1 is 1.55 bits per heavy atom. The van der Waals surface area contributed by atoms with Gasteiger partial charge >= 0.3 is 0 Å². The highest BCUT2D eigenvalue weighted by Crippen LogP contribution is 2.16. The molecule has 0 amide bonds. The molecule has 0 bridgehead atoms. The highest BCUT2D eigenvalue weighted by Gasteiger charge is 2.10. The Balaban J connectivity index is 2.64. The number of aliphatic hydroxyl groups excluding tert-OH is 1. The minimum Gasteiger partial charge on any atom is -0.391 e. The lowest BCUT2D eigenvalue weighted by molar-refractivity contribution is 0.0615. The van der Waals surface area contributed by atoms with Gasteiger partial charge in [-0.1, -0.05) is 13.8 Å². The summed E-state index contributed by atoms with van der Waals surface area (Å²) in [4.78, 5) is 12.1. The smallest absolute Gasteiger partial charge is 0.283 e. The first kappa shape index (κ1) is 17.1. The van der Waals surface area contributed by atoms with E-state index in [1.165, 1.54) is 4.68 Å². The normalized spacial score (nSPS) is 12.7. The van der Waals surface area contributed by atoms with E-state index in [2.05, 4.69) is 26.3 Å². The van der Waals surface area contributed by atoms with E-state index in [4.69, 9.17) is 4.74 Å². The van der Waals surface area contributed by atoms with Gasteiger partial charge in [0, 0.05) is 20.2 Å². The standard InChI is InChI=1S/C13H22BrN3O3/c1-9(2)7-17-13(19)12(14)11(6-16-17)15-5-4-10(18)8-20-3/h6,9-10,15,18H,4-5,7-8H2,1-3H3. The fraction of sp³-hybridized carbons (Fsp3) is 0.692. The van der Waals surface area contributed by atoms with Gasteiger partial charge in [0.25, 0.3) is 5.56 Å². The molecule has 0 aliphatic carbocycles. The summed E-state index contributed by atoms with van der Waals surface area (Å²) in [5.41, 5.74) is 0.487. The Morgan fingerprint density at radius 3 is 2.85 bits per heavy atom. The Kier molecular flexibility index (Phi) is 7.18. The number of aromatic nitrogens is 2. The van der Waals surface area contributed by atoms with Crippen molar-refractivity contribution in [3.63, 3.8) is 0 Å². The van der Waals surface area contributed by atoms with Crippen LogP contribution in [0, 0.1) is 5.92 Å². The van der Waals surface area contributed by atoms with E-state index in [0.717, 1.165) is 0 Å². The van der Waals surface area contributed by atoms with Gasteiger partial charge in [-0.25, -0.2) is 4.68 Å². The average molecular weight is 348 g/mol. The number of nitrogens with one attached hydrogen (secondary N) is 1. The maximum atomic E-state index is 12.1. The summed E-state index contributed by atoms with van der Waals surface area (Å²) in [7, 11) is 1.55. The van der Waals surface area contributed by atoms with Crippen LogP contribution in [-0.4, -0.2) is 41.3 Å². The number of rotatable bonds is 8. The third-order valence-corrected chi connectivity index (χ3v) is 3.44. The van der Waals surface area contributed by atoms with Gasteiger partial charge in [-0.05, 0) is 28.3 Å². The molecule has 1 rings (SSSR count). The van der Waals surface area contributed by atoms with Crippen LogP contribution in [0.5, 0.6) is 0 Å². The van der Waals surface area contributed by atoms with Crippen molar-refractivity contribution in [3.8, 4) is 0 Å². The van der Waals surface area contributed by atoms with Crippen molar-refractivity contribution in [1.82, 2.24) is 9.78 Å². The SMILES string of the molecule is COCC(O)CCNc1cnn(CC(C)C)c(=O)c1Br. The van der Waals surface area contributed by atoms with Gasteiger partial charge in [-0.2, -0.15) is 5.10 Å². The van der Waals surface area contributed by atoms with Crippen LogP contribution in [-0.2, 0) is 11.3 Å². The van der Waals surface area contributed by atoms with E-state index in [-0.39, 0.29) is 5.56 Å². The lowest BCUT2D eigenvalue weighted by Crippen LogP contribution is -2.27. The van der Waals surface area contributed by atoms with Crippen LogP contribution in [0.4, 0.5) is 5.69 Å². The molecule has 1 aromatic rings. The summed E-state index contributed by atoms with van der Waals surface area (Å²) in [5.74, 6) is 0.357. The summed E-state index contributed by atoms with van der Waals surface area (Å²) in [6.45, 7) is 5.50. The van der Waals surface area contributed by atoms with Gasteiger partial charge in [0.2, 0.25) is 0 Å². The Morgan fingerprint density at radius 2 is 2.25 bits per heavy atom. The molecule has 6 nitrogen and oxygen atoms in total. The molecule has 0 aliphatic rings. The number of hydrogen-bond donors (Lipinski definition) is 2. The molecule has 7 heteroatoms. The molecular formula is C13H22BrN3O3. The van der Waals surface area contributed by atoms with E-state index >= 15 is 0 Å². The largest absolute Gasteiger partial charge is 0.391 e. The predicted octanol–water partition coefficient (Wildman–Crippen LogP) is 1.47. The van der Waals surface area contributed by atoms with E-state index in [9.17, 15) is 9.90 Å². The molecular weight excluding hydrogens is 326 g/mol. The minimum absolute atomic E-state index is 0.152. The first-order valence-corrected chi connectivity index (χ1v) is 7.41. The number of anilines is 1. The second kappa shape index (κ2) is 8.39. The van der Waals surface area contributed by atoms with Gasteiger partial charge in [-0.3, -0.25) is 4.79 Å². The van der Waals surface area contributed by atoms with Crippen molar-refractivity contribution in [2.45, 2.75) is 32.9 Å². The molecule has 0 fully saturated rings. The van der Waals surface area contributed by atoms with Gasteiger partial charge in [0.05, 0.1) is 24.6 Å². The van der Waals surface area contributed by atoms with Crippen LogP contribution >= 0.6 is 15.9 Å². The summed E-state index contributed by atoms with van der Waals surface area (Å²) < 4.78 is 6.76. The van der Waals surface area contributed by atoms with E-state index in [1.807, 2.05) is 13.8 Å². The molecule has 1 atom stereocenters. The summed E-state index contributed by atoms with van der Waals surface area (Å²) >= 11 is 3.30. The zero-order valence-corrected chi connectivity index (χ0v) is 13.7. The third-order valence-electron chi connectivity index (χ3n) is 2.68. The highest BCUT2D eigenvalue weighted by atomic mass is 79.9. The number of aliphatic hydroxyl groups is 1. The molecule has 2 N–H and O–H groups in total. The minimum atomic E-state index is -0.513. The van der Waals surface area contributed by atoms with Crippen molar-refractivity contribution in [1.29, 1.82) is 0 Å². The number of ether oxygens (including phenoxy) is 1. The fourth-order valence-electron chi connectivity index (χ4n) is 1.71. The predicted molar refractivity (Wildman–Crippen MR) is 82.0 cm³/mol. The molecule has 0 aromatic carbocycles. The maximum absolute atomic E-state index is 12.1. The molecule has 0 saturated heterocycles. The number of halogens is 1. The monoisotopic (exact) mass is 347 g/mol. The summed E-state index contributed by atoms with van der Waals surface area (Å²) in [5, 5.41) is 16.8. The topological polar surface area (TPSA) is 76.4 Å². The lowest BCUT2D eigenvalue weighted by atomic mass is 10.2. The Labute approximate surface area is 127 Å². The maximum Gasteiger partial charge on any atom is 0.283 e. The van der Waals surface area contributed by atoms with Gasteiger partial charge < -0.3 is 15.2 Å². The molecule has 20 heavy (non-hydrogen) atoms. The van der Waals surface area contributed by atoms with Gasteiger partial charge in [0.1, 0.15) is 4.47 Å². The summed E-state index contributed by atoms with van der Waals surface area (Å²) in [6.07, 6.45) is 1.65. The molecule has 114 valence electrons. The van der Waals surface area contributed by atoms with E-state index in [1.54, 1.807) is 13.3 Å². The lowest BCUT2D eigenvalue weighted by Gasteiger charge is -2.13. The van der Waals surface area contributed by atoms with Crippen LogP contribution in [0.25, 0.3) is 0 Å². The molecule has 0 spiro atoms. The quantitative estimate of drug-likeness (QED) is 0.744. The third kappa shape index (κ3) is 5.22. The van der Waals surface area contributed by atoms with Crippen LogP contribution in [0.3, 0.4) is 0 Å². The number of nitrogens with zero attached hydrogens (tertiary/aromatic N) is 2. The van der Waals surface area contributed by atoms with Crippen molar-refractivity contribution in [3.05, 3.63) is 21.0 Å². The van der Waals surface area contributed by atoms with Crippen molar-refractivity contribution in [2.24, 2.45) is 5.92 Å². The zero-order valence-electron chi connectivity index (χ0n) is 12.1. The van der Waals surface area contributed by atoms with E-state index < -0.39 is 6.10 Å². The molecule has 0 aliphatic heterocycles. The average Bonchev–Trinajstić information content (AvgIpc) is 2.37. The van der Waals surface area contributed by atoms with Gasteiger partial charge in [-0.15, -0.1) is 0 Å². The summed E-state index contributed by atoms with van der Waals surface area (Å²) in [6, 6.07) is 0. The van der Waals surface area contributed by atoms with E-state index in [0.29, 0.717) is 42.2 Å². The van der Waals surface area contributed by atoms with Crippen LogP contribution < -0.4 is 10.9 Å². The number of hydrogen-bond acceptors (Lipinski definition) is 5. The first-order valence-electron chi connectivity index (χ1n) is 6.62. The highest BCUT2D eigenvalue weighted by molar-refractivity contribution is 9.10. The second-order valence-electron chi connectivity index (χ2n) is 5.08. The van der Waals surface area contributed by atoms with Crippen molar-refractivity contribution in [2.75, 3.05) is 25.6 Å². The Bertz CT molecular complexity index is 476. The number of methoxy groups -OCH3 is 1. The molecule has 0 radical (unpaired) electrons. The van der Waals surface area contributed by atoms with Crippen molar-refractivity contribution >= 4 is 21.6 Å². The fourth-order valence-corrected chi connectivity index (χ4v) is 2.16. The van der Waals surface area contributed by atoms with Gasteiger partial charge in [0.15, 0.2) is 0 Å². The molecule has 0 saturated carbocycles. The van der Waals surface area contributed by atoms with Crippen LogP contribution in [0.1, 0.15) is 20.3 Å². The molecule has 1 unspecified atom stereocenters. The molecule has 1 heterocycles. The van der Waals surface area contributed by atoms with Crippen LogP contribution in [0.15, 0.2) is 15.5 Å². The Hall–Kier alpha value is -0.920. The molecule has 1 aromatic heterocycles. The zero-order chi connectivity index (χ0) is 15.1. The second-order valence-corrected chi connectivity index (χ2v) is 5.87. The first-order chi connectivity index (χ1) is 9.45.